The van der Waals surface area contributed by atoms with E-state index in [0.29, 0.717) is 5.71 Å². The second-order valence-electron chi connectivity index (χ2n) is 4.94. The Morgan fingerprint density at radius 3 is 2.44 bits per heavy atom. The Morgan fingerprint density at radius 2 is 2.00 bits per heavy atom. The Labute approximate surface area is 110 Å². The molecule has 0 amide bonds. The minimum atomic E-state index is -0.0114. The summed E-state index contributed by atoms with van der Waals surface area (Å²) in [5.74, 6) is 0.0878. The molecular weight excluding hydrogens is 222 g/mol. The monoisotopic (exact) mass is 247 g/mol. The molecule has 0 aliphatic carbocycles. The van der Waals surface area contributed by atoms with Crippen molar-refractivity contribution in [2.75, 3.05) is 5.73 Å². The third kappa shape index (κ3) is 3.57. The predicted molar refractivity (Wildman–Crippen MR) is 79.1 cm³/mol. The van der Waals surface area contributed by atoms with Crippen molar-refractivity contribution in [3.63, 3.8) is 0 Å². The lowest BCUT2D eigenvalue weighted by atomic mass is 9.87. The van der Waals surface area contributed by atoms with Crippen LogP contribution in [-0.4, -0.2) is 11.8 Å². The summed E-state index contributed by atoms with van der Waals surface area (Å²) >= 11 is 0. The molecular formula is C15H25N3. The number of rotatable bonds is 6. The summed E-state index contributed by atoms with van der Waals surface area (Å²) in [6.45, 7) is 6.08. The SMILES string of the molecule is CCC(=N)C(Cc1ccc(CC)cc1N)C(C)N. The van der Waals surface area contributed by atoms with Crippen molar-refractivity contribution < 1.29 is 0 Å². The highest BCUT2D eigenvalue weighted by Gasteiger charge is 2.19. The fraction of sp³-hybridized carbons (Fsp3) is 0.533. The van der Waals surface area contributed by atoms with E-state index in [2.05, 4.69) is 19.1 Å². The van der Waals surface area contributed by atoms with Gasteiger partial charge in [-0.25, -0.2) is 0 Å². The molecule has 0 saturated carbocycles. The average molecular weight is 247 g/mol. The molecule has 5 N–H and O–H groups in total. The van der Waals surface area contributed by atoms with Gasteiger partial charge in [0.2, 0.25) is 0 Å². The molecule has 1 aromatic carbocycles. The smallest absolute Gasteiger partial charge is 0.0349 e. The molecule has 3 nitrogen and oxygen atoms in total. The Hall–Kier alpha value is -1.35. The summed E-state index contributed by atoms with van der Waals surface area (Å²) in [6.07, 6.45) is 2.51. The number of aryl methyl sites for hydroxylation is 1. The van der Waals surface area contributed by atoms with Crippen LogP contribution in [0.15, 0.2) is 18.2 Å². The molecule has 18 heavy (non-hydrogen) atoms. The molecule has 1 rings (SSSR count). The number of benzene rings is 1. The van der Waals surface area contributed by atoms with Gasteiger partial charge in [0.05, 0.1) is 0 Å². The van der Waals surface area contributed by atoms with Crippen molar-refractivity contribution in [2.24, 2.45) is 11.7 Å². The van der Waals surface area contributed by atoms with E-state index in [1.165, 1.54) is 5.56 Å². The van der Waals surface area contributed by atoms with Gasteiger partial charge in [-0.05, 0) is 43.4 Å². The highest BCUT2D eigenvalue weighted by atomic mass is 14.7. The van der Waals surface area contributed by atoms with E-state index in [-0.39, 0.29) is 12.0 Å². The summed E-state index contributed by atoms with van der Waals surface area (Å²) in [4.78, 5) is 0. The molecule has 3 heteroatoms. The van der Waals surface area contributed by atoms with Gasteiger partial charge in [-0.1, -0.05) is 26.0 Å². The molecule has 100 valence electrons. The Bertz CT molecular complexity index is 410. The average Bonchev–Trinajstić information content (AvgIpc) is 2.35. The summed E-state index contributed by atoms with van der Waals surface area (Å²) in [5, 5.41) is 8.00. The van der Waals surface area contributed by atoms with Gasteiger partial charge in [-0.15, -0.1) is 0 Å². The molecule has 0 saturated heterocycles. The van der Waals surface area contributed by atoms with Gasteiger partial charge in [0.15, 0.2) is 0 Å². The van der Waals surface area contributed by atoms with Crippen molar-refractivity contribution in [1.29, 1.82) is 5.41 Å². The first-order chi connectivity index (χ1) is 8.49. The van der Waals surface area contributed by atoms with E-state index in [4.69, 9.17) is 16.9 Å². The fourth-order valence-corrected chi connectivity index (χ4v) is 2.18. The van der Waals surface area contributed by atoms with Crippen LogP contribution in [0.1, 0.15) is 38.3 Å². The molecule has 0 bridgehead atoms. The minimum absolute atomic E-state index is 0.0114. The maximum Gasteiger partial charge on any atom is 0.0349 e. The van der Waals surface area contributed by atoms with Crippen LogP contribution in [0, 0.1) is 11.3 Å². The van der Waals surface area contributed by atoms with E-state index in [1.54, 1.807) is 0 Å². The molecule has 2 unspecified atom stereocenters. The highest BCUT2D eigenvalue weighted by Crippen LogP contribution is 2.21. The number of anilines is 1. The van der Waals surface area contributed by atoms with Gasteiger partial charge in [0.25, 0.3) is 0 Å². The van der Waals surface area contributed by atoms with E-state index >= 15 is 0 Å². The second kappa shape index (κ2) is 6.55. The maximum absolute atomic E-state index is 8.00. The Kier molecular flexibility index (Phi) is 5.35. The standard InChI is InChI=1S/C15H25N3/c1-4-11-6-7-12(15(18)8-11)9-13(10(3)16)14(17)5-2/h6-8,10,13,17H,4-5,9,16,18H2,1-3H3. The van der Waals surface area contributed by atoms with Gasteiger partial charge in [-0.2, -0.15) is 0 Å². The quantitative estimate of drug-likeness (QED) is 0.534. The molecule has 0 aliphatic heterocycles. The maximum atomic E-state index is 8.00. The van der Waals surface area contributed by atoms with Gasteiger partial charge < -0.3 is 16.9 Å². The highest BCUT2D eigenvalue weighted by molar-refractivity contribution is 5.84. The van der Waals surface area contributed by atoms with Crippen molar-refractivity contribution in [2.45, 2.75) is 46.1 Å². The Balaban J connectivity index is 2.90. The Morgan fingerprint density at radius 1 is 1.33 bits per heavy atom. The molecule has 0 spiro atoms. The van der Waals surface area contributed by atoms with Crippen LogP contribution >= 0.6 is 0 Å². The molecule has 0 radical (unpaired) electrons. The zero-order valence-electron chi connectivity index (χ0n) is 11.7. The first-order valence-corrected chi connectivity index (χ1v) is 6.69. The summed E-state index contributed by atoms with van der Waals surface area (Å²) in [7, 11) is 0. The van der Waals surface area contributed by atoms with Crippen molar-refractivity contribution in [3.05, 3.63) is 29.3 Å². The summed E-state index contributed by atoms with van der Waals surface area (Å²) in [5.41, 5.74) is 15.9. The number of nitrogens with one attached hydrogen (secondary N) is 1. The van der Waals surface area contributed by atoms with Crippen molar-refractivity contribution >= 4 is 11.4 Å². The third-order valence-electron chi connectivity index (χ3n) is 3.52. The number of hydrogen-bond acceptors (Lipinski definition) is 3. The van der Waals surface area contributed by atoms with Crippen LogP contribution in [0.25, 0.3) is 0 Å². The van der Waals surface area contributed by atoms with Crippen LogP contribution in [-0.2, 0) is 12.8 Å². The molecule has 0 fully saturated rings. The third-order valence-corrected chi connectivity index (χ3v) is 3.52. The van der Waals surface area contributed by atoms with Gasteiger partial charge in [-0.3, -0.25) is 0 Å². The largest absolute Gasteiger partial charge is 0.398 e. The van der Waals surface area contributed by atoms with E-state index in [1.807, 2.05) is 19.9 Å². The number of hydrogen-bond donors (Lipinski definition) is 3. The fourth-order valence-electron chi connectivity index (χ4n) is 2.18. The zero-order chi connectivity index (χ0) is 13.7. The normalized spacial score (nSPS) is 14.2. The lowest BCUT2D eigenvalue weighted by molar-refractivity contribution is 0.554. The first-order valence-electron chi connectivity index (χ1n) is 6.69. The number of nitrogen functional groups attached to an aromatic ring is 1. The van der Waals surface area contributed by atoms with Crippen LogP contribution in [0.4, 0.5) is 5.69 Å². The van der Waals surface area contributed by atoms with Gasteiger partial charge in [0.1, 0.15) is 0 Å². The van der Waals surface area contributed by atoms with E-state index in [9.17, 15) is 0 Å². The van der Waals surface area contributed by atoms with Crippen molar-refractivity contribution in [3.8, 4) is 0 Å². The molecule has 2 atom stereocenters. The molecule has 0 heterocycles. The van der Waals surface area contributed by atoms with Gasteiger partial charge in [0, 0.05) is 23.4 Å². The second-order valence-corrected chi connectivity index (χ2v) is 4.94. The van der Waals surface area contributed by atoms with E-state index in [0.717, 1.165) is 30.5 Å². The van der Waals surface area contributed by atoms with Crippen LogP contribution in [0.3, 0.4) is 0 Å². The van der Waals surface area contributed by atoms with Gasteiger partial charge >= 0.3 is 0 Å². The van der Waals surface area contributed by atoms with Crippen molar-refractivity contribution in [1.82, 2.24) is 0 Å². The minimum Gasteiger partial charge on any atom is -0.398 e. The summed E-state index contributed by atoms with van der Waals surface area (Å²) in [6, 6.07) is 6.21. The zero-order valence-corrected chi connectivity index (χ0v) is 11.7. The lowest BCUT2D eigenvalue weighted by Gasteiger charge is -2.22. The summed E-state index contributed by atoms with van der Waals surface area (Å²) < 4.78 is 0. The van der Waals surface area contributed by atoms with Crippen LogP contribution < -0.4 is 11.5 Å². The number of nitrogens with two attached hydrogens (primary N) is 2. The van der Waals surface area contributed by atoms with Crippen LogP contribution in [0.5, 0.6) is 0 Å². The predicted octanol–water partition coefficient (Wildman–Crippen LogP) is 2.77. The first kappa shape index (κ1) is 14.7. The van der Waals surface area contributed by atoms with E-state index < -0.39 is 0 Å². The van der Waals surface area contributed by atoms with Crippen LogP contribution in [0.2, 0.25) is 0 Å². The topological polar surface area (TPSA) is 75.9 Å². The lowest BCUT2D eigenvalue weighted by Crippen LogP contribution is -2.34. The molecule has 1 aromatic rings. The molecule has 0 aromatic heterocycles. The molecule has 0 aliphatic rings.